The van der Waals surface area contributed by atoms with Crippen molar-refractivity contribution in [2.24, 2.45) is 5.92 Å². The number of epoxide rings is 1. The first-order chi connectivity index (χ1) is 33.6. The highest BCUT2D eigenvalue weighted by atomic mass is 35.5. The molecular formula is C49H67ClN4O17. The summed E-state index contributed by atoms with van der Waals surface area (Å²) in [6, 6.07) is 1.20. The van der Waals surface area contributed by atoms with Crippen molar-refractivity contribution in [2.75, 3.05) is 61.5 Å². The van der Waals surface area contributed by atoms with Crippen LogP contribution in [0.3, 0.4) is 0 Å². The number of hydrogen-bond acceptors (Lipinski definition) is 17. The fraction of sp³-hybridized carbons (Fsp3) is 0.612. The van der Waals surface area contributed by atoms with Crippen molar-refractivity contribution in [3.05, 3.63) is 64.2 Å². The first-order valence-electron chi connectivity index (χ1n) is 23.4. The maximum absolute atomic E-state index is 14.1. The summed E-state index contributed by atoms with van der Waals surface area (Å²) in [4.78, 5) is 95.1. The van der Waals surface area contributed by atoms with Gasteiger partial charge in [0.05, 0.1) is 44.4 Å². The molecule has 4 bridgehead atoms. The van der Waals surface area contributed by atoms with Gasteiger partial charge in [-0.2, -0.15) is 0 Å². The third-order valence-corrected chi connectivity index (χ3v) is 13.4. The molecule has 392 valence electrons. The third-order valence-electron chi connectivity index (χ3n) is 12.9. The Hall–Kier alpha value is -5.58. The number of esters is 1. The van der Waals surface area contributed by atoms with Crippen LogP contribution in [0.4, 0.5) is 14.4 Å². The van der Waals surface area contributed by atoms with E-state index in [9.17, 15) is 38.7 Å². The molecule has 22 heteroatoms. The maximum Gasteiger partial charge on any atom is 0.410 e. The summed E-state index contributed by atoms with van der Waals surface area (Å²) < 4.78 is 50.3. The molecule has 4 amide bonds. The zero-order chi connectivity index (χ0) is 52.2. The molecule has 0 saturated carbocycles. The van der Waals surface area contributed by atoms with Gasteiger partial charge in [-0.3, -0.25) is 19.7 Å². The van der Waals surface area contributed by atoms with E-state index in [2.05, 4.69) is 10.6 Å². The number of methoxy groups -OCH3 is 2. The minimum Gasteiger partial charge on any atom is -0.495 e. The van der Waals surface area contributed by atoms with E-state index in [1.807, 2.05) is 13.0 Å². The second-order valence-electron chi connectivity index (χ2n) is 18.3. The number of fused-ring (bicyclic) bond motifs is 5. The van der Waals surface area contributed by atoms with Crippen LogP contribution >= 0.6 is 11.6 Å². The number of amides is 4. The smallest absolute Gasteiger partial charge is 0.410 e. The Bertz CT molecular complexity index is 2220. The van der Waals surface area contributed by atoms with Crippen LogP contribution in [0, 0.1) is 5.92 Å². The molecule has 21 nitrogen and oxygen atoms in total. The first kappa shape index (κ1) is 56.3. The summed E-state index contributed by atoms with van der Waals surface area (Å²) in [6.07, 6.45) is 0.733. The van der Waals surface area contributed by atoms with E-state index in [1.54, 1.807) is 57.2 Å². The van der Waals surface area contributed by atoms with E-state index in [0.29, 0.717) is 17.7 Å². The van der Waals surface area contributed by atoms with Crippen LogP contribution < -0.4 is 15.4 Å². The molecule has 3 N–H and O–H groups in total. The topological polar surface area (TPSA) is 257 Å². The van der Waals surface area contributed by atoms with Gasteiger partial charge in [0.2, 0.25) is 5.91 Å². The average Bonchev–Trinajstić information content (AvgIpc) is 4.01. The second kappa shape index (κ2) is 25.2. The average molecular weight is 1020 g/mol. The highest BCUT2D eigenvalue weighted by Gasteiger charge is 2.64. The van der Waals surface area contributed by atoms with Gasteiger partial charge < -0.3 is 62.9 Å². The fourth-order valence-electron chi connectivity index (χ4n) is 8.55. The first-order valence-corrected chi connectivity index (χ1v) is 23.8. The largest absolute Gasteiger partial charge is 0.495 e. The number of nitrogens with one attached hydrogen (secondary N) is 2. The van der Waals surface area contributed by atoms with Crippen LogP contribution in [-0.4, -0.2) is 172 Å². The number of Topliss-reactive ketones (excluding diaryl/α,β-unsaturated/α-hetero) is 2. The van der Waals surface area contributed by atoms with Crippen LogP contribution in [0.5, 0.6) is 5.75 Å². The molecule has 5 rings (SSSR count). The second-order valence-corrected chi connectivity index (χ2v) is 18.7. The molecule has 0 spiro atoms. The lowest BCUT2D eigenvalue weighted by atomic mass is 9.83. The molecule has 1 aromatic carbocycles. The summed E-state index contributed by atoms with van der Waals surface area (Å²) in [5, 5.41) is 17.0. The zero-order valence-electron chi connectivity index (χ0n) is 41.7. The normalized spacial score (nSPS) is 29.3. The summed E-state index contributed by atoms with van der Waals surface area (Å²) in [5.41, 5.74) is -1.01. The van der Waals surface area contributed by atoms with Crippen molar-refractivity contribution in [3.63, 3.8) is 0 Å². The molecule has 2 unspecified atom stereocenters. The number of rotatable bonds is 14. The zero-order valence-corrected chi connectivity index (χ0v) is 42.4. The van der Waals surface area contributed by atoms with Gasteiger partial charge in [0.1, 0.15) is 67.0 Å². The van der Waals surface area contributed by atoms with Gasteiger partial charge in [0, 0.05) is 52.8 Å². The summed E-state index contributed by atoms with van der Waals surface area (Å²) in [6.45, 7) is 8.03. The van der Waals surface area contributed by atoms with Gasteiger partial charge in [-0.25, -0.2) is 19.2 Å². The van der Waals surface area contributed by atoms with Crippen molar-refractivity contribution in [3.8, 4) is 5.75 Å². The Morgan fingerprint density at radius 2 is 1.82 bits per heavy atom. The number of nitrogens with zero attached hydrogens (tertiary/aromatic N) is 2. The molecule has 10 atom stereocenters. The summed E-state index contributed by atoms with van der Waals surface area (Å²) >= 11 is 6.74. The number of halogens is 1. The minimum absolute atomic E-state index is 0.0325. The van der Waals surface area contributed by atoms with Crippen LogP contribution in [0.15, 0.2) is 48.1 Å². The molecule has 2 fully saturated rings. The number of benzene rings is 1. The van der Waals surface area contributed by atoms with Crippen molar-refractivity contribution in [1.82, 2.24) is 20.4 Å². The molecule has 1 aromatic rings. The van der Waals surface area contributed by atoms with Crippen molar-refractivity contribution < 1.29 is 81.3 Å². The molecule has 0 aromatic heterocycles. The van der Waals surface area contributed by atoms with E-state index in [0.717, 1.165) is 20.9 Å². The Balaban J connectivity index is 1.26. The number of aliphatic hydroxyl groups is 1. The number of alkyl carbamates (subject to hydrolysis) is 2. The van der Waals surface area contributed by atoms with E-state index in [-0.39, 0.29) is 69.5 Å². The highest BCUT2D eigenvalue weighted by molar-refractivity contribution is 6.33. The number of ketones is 2. The Morgan fingerprint density at radius 1 is 1.07 bits per heavy atom. The van der Waals surface area contributed by atoms with Gasteiger partial charge >= 0.3 is 24.2 Å². The lowest BCUT2D eigenvalue weighted by molar-refractivity contribution is -0.162. The Morgan fingerprint density at radius 3 is 2.52 bits per heavy atom. The molecule has 1 aliphatic carbocycles. The third kappa shape index (κ3) is 15.0. The standard InChI is InChI=1S/C49H67ClN4O17/c1-10-36(56)35(25-53(6)47(61)68-34-14-12-17-65-27-66-26-34)51-45(59)67-18-16-41(57)54(7)30(4)44(58)70-40-23-33(55)22-32-20-31(21-37(63-8)42(32)50)19-28(2)13-11-15-39(64-9)49(62)24-38(69-46(60)52-49)29(3)43-48(40,5)71-43/h11-15,20-21,29-30,34-35,38-40,43,62H,10,16-19,22-27H2,1-9H3,(H,51,59)(H,52,60)/b14-12+,15-11+,28-13+/t29-,30+,34?,35?,38+,39-,40+,43+,48+,49+/m1/s1. The van der Waals surface area contributed by atoms with Crippen LogP contribution in [0.25, 0.3) is 0 Å². The molecule has 4 aliphatic rings. The van der Waals surface area contributed by atoms with Gasteiger partial charge in [0.25, 0.3) is 0 Å². The predicted octanol–water partition coefficient (Wildman–Crippen LogP) is 4.12. The van der Waals surface area contributed by atoms with Crippen LogP contribution in [0.2, 0.25) is 5.02 Å². The quantitative estimate of drug-likeness (QED) is 0.102. The lowest BCUT2D eigenvalue weighted by Gasteiger charge is -2.42. The fourth-order valence-corrected chi connectivity index (χ4v) is 8.81. The van der Waals surface area contributed by atoms with Crippen LogP contribution in [-0.2, 0) is 69.9 Å². The number of carbonyl (C=O) groups excluding carboxylic acids is 7. The number of hydrogen-bond donors (Lipinski definition) is 3. The van der Waals surface area contributed by atoms with E-state index >= 15 is 0 Å². The highest BCUT2D eigenvalue weighted by Crippen LogP contribution is 2.49. The monoisotopic (exact) mass is 1020 g/mol. The van der Waals surface area contributed by atoms with E-state index < -0.39 is 102 Å². The summed E-state index contributed by atoms with van der Waals surface area (Å²) in [5.74, 6) is -2.49. The van der Waals surface area contributed by atoms with E-state index in [1.165, 1.54) is 35.2 Å². The van der Waals surface area contributed by atoms with Gasteiger partial charge in [0.15, 0.2) is 11.5 Å². The summed E-state index contributed by atoms with van der Waals surface area (Å²) in [7, 11) is 5.63. The molecule has 71 heavy (non-hydrogen) atoms. The number of ether oxygens (including phenoxy) is 9. The van der Waals surface area contributed by atoms with Crippen LogP contribution in [0.1, 0.15) is 71.4 Å². The molecule has 3 aliphatic heterocycles. The maximum atomic E-state index is 14.1. The Labute approximate surface area is 418 Å². The number of likely N-dealkylation sites (N-methyl/N-ethyl adjacent to an activating group) is 2. The lowest BCUT2D eigenvalue weighted by Crippen LogP contribution is -2.63. The predicted molar refractivity (Wildman–Crippen MR) is 253 cm³/mol. The minimum atomic E-state index is -1.89. The number of carbonyl (C=O) groups is 7. The Kier molecular flexibility index (Phi) is 20.0. The van der Waals surface area contributed by atoms with Gasteiger partial charge in [-0.15, -0.1) is 0 Å². The van der Waals surface area contributed by atoms with Gasteiger partial charge in [-0.1, -0.05) is 61.4 Å². The molecule has 2 saturated heterocycles. The van der Waals surface area contributed by atoms with Gasteiger partial charge in [-0.05, 0) is 50.5 Å². The number of allylic oxidation sites excluding steroid dienone is 3. The molecule has 3 heterocycles. The van der Waals surface area contributed by atoms with Crippen molar-refractivity contribution in [2.45, 2.75) is 127 Å². The van der Waals surface area contributed by atoms with Crippen molar-refractivity contribution in [1.29, 1.82) is 0 Å². The molecule has 0 radical (unpaired) electrons. The SMILES string of the molecule is CCC(=O)C(CN(C)C(=O)OC1/C=C/COCOC1)NC(=O)OCCC(=O)N(C)[C@@H](C)C(=O)O[C@H]1CC(=O)Cc2cc(cc(OC)c2Cl)C/C(C)=C/C=C/[C@@H](OC)[C@@]2(O)C[C@H](OC(=O)N2)[C@@H](C)[C@@H]2O[C@@]12C. The van der Waals surface area contributed by atoms with E-state index in [4.69, 9.17) is 54.2 Å². The molecular weight excluding hydrogens is 952 g/mol. The van der Waals surface area contributed by atoms with Crippen molar-refractivity contribution >= 4 is 53.3 Å².